The van der Waals surface area contributed by atoms with Crippen molar-refractivity contribution in [2.75, 3.05) is 5.75 Å². The molecule has 0 unspecified atom stereocenters. The molecule has 0 bridgehead atoms. The van der Waals surface area contributed by atoms with Crippen LogP contribution in [0.15, 0.2) is 29.3 Å². The first-order chi connectivity index (χ1) is 5.92. The number of hydrogen-bond acceptors (Lipinski definition) is 1. The first-order valence-electron chi connectivity index (χ1n) is 4.02. The van der Waals surface area contributed by atoms with Gasteiger partial charge in [-0.3, -0.25) is 0 Å². The Hall–Kier alpha value is -0.890. The summed E-state index contributed by atoms with van der Waals surface area (Å²) in [6, 6.07) is 9.44. The standard InChI is InChI=1S/C10H10NS/c1-2-12-9-5-3-4-8-6-7-11-10(8)9/h3-5,7,11H,2H2,1H3. The smallest absolute Gasteiger partial charge is 0.0598 e. The van der Waals surface area contributed by atoms with Crippen LogP contribution in [0.3, 0.4) is 0 Å². The van der Waals surface area contributed by atoms with E-state index >= 15 is 0 Å². The molecule has 2 aromatic rings. The molecular weight excluding hydrogens is 166 g/mol. The molecule has 1 N–H and O–H groups in total. The highest BCUT2D eigenvalue weighted by molar-refractivity contribution is 7.99. The van der Waals surface area contributed by atoms with Crippen molar-refractivity contribution in [1.29, 1.82) is 0 Å². The van der Waals surface area contributed by atoms with E-state index in [9.17, 15) is 0 Å². The van der Waals surface area contributed by atoms with E-state index in [0.717, 1.165) is 5.75 Å². The molecule has 12 heavy (non-hydrogen) atoms. The number of nitrogens with one attached hydrogen (secondary N) is 1. The molecule has 1 aromatic carbocycles. The van der Waals surface area contributed by atoms with Gasteiger partial charge in [0.2, 0.25) is 0 Å². The maximum Gasteiger partial charge on any atom is 0.0598 e. The molecule has 0 spiro atoms. The third kappa shape index (κ3) is 1.23. The number of benzene rings is 1. The highest BCUT2D eigenvalue weighted by atomic mass is 32.2. The van der Waals surface area contributed by atoms with Crippen molar-refractivity contribution < 1.29 is 0 Å². The van der Waals surface area contributed by atoms with Crippen LogP contribution in [0.4, 0.5) is 0 Å². The van der Waals surface area contributed by atoms with Crippen LogP contribution in [0.1, 0.15) is 6.92 Å². The number of rotatable bonds is 2. The second kappa shape index (κ2) is 3.23. The monoisotopic (exact) mass is 176 g/mol. The van der Waals surface area contributed by atoms with Crippen LogP contribution in [0.25, 0.3) is 10.9 Å². The number of aromatic nitrogens is 1. The zero-order chi connectivity index (χ0) is 8.39. The second-order valence-corrected chi connectivity index (χ2v) is 3.85. The molecule has 1 nitrogen and oxygen atoms in total. The lowest BCUT2D eigenvalue weighted by atomic mass is 10.2. The van der Waals surface area contributed by atoms with E-state index in [1.807, 2.05) is 18.0 Å². The van der Waals surface area contributed by atoms with Gasteiger partial charge in [0.05, 0.1) is 5.52 Å². The maximum atomic E-state index is 3.20. The number of hydrogen-bond donors (Lipinski definition) is 1. The largest absolute Gasteiger partial charge is 0.360 e. The number of H-pyrrole nitrogens is 1. The van der Waals surface area contributed by atoms with Crippen LogP contribution < -0.4 is 0 Å². The number of aromatic amines is 1. The van der Waals surface area contributed by atoms with Gasteiger partial charge in [0, 0.05) is 22.5 Å². The van der Waals surface area contributed by atoms with E-state index in [1.54, 1.807) is 0 Å². The SMILES string of the molecule is CCSc1cccc2[c]c[nH]c12. The molecule has 0 atom stereocenters. The lowest BCUT2D eigenvalue weighted by molar-refractivity contribution is 1.39. The van der Waals surface area contributed by atoms with Crippen molar-refractivity contribution in [1.82, 2.24) is 4.98 Å². The normalized spacial score (nSPS) is 10.8. The van der Waals surface area contributed by atoms with Crippen molar-refractivity contribution in [3.63, 3.8) is 0 Å². The summed E-state index contributed by atoms with van der Waals surface area (Å²) in [5, 5.41) is 1.17. The maximum absolute atomic E-state index is 3.20. The zero-order valence-corrected chi connectivity index (χ0v) is 7.74. The van der Waals surface area contributed by atoms with Crippen molar-refractivity contribution >= 4 is 22.7 Å². The van der Waals surface area contributed by atoms with Crippen LogP contribution in [-0.2, 0) is 0 Å². The Labute approximate surface area is 76.2 Å². The average Bonchev–Trinajstić information content (AvgIpc) is 2.53. The minimum Gasteiger partial charge on any atom is -0.360 e. The summed E-state index contributed by atoms with van der Waals surface area (Å²) in [7, 11) is 0. The molecule has 0 saturated carbocycles. The first kappa shape index (κ1) is 7.74. The molecule has 0 amide bonds. The van der Waals surface area contributed by atoms with E-state index in [0.29, 0.717) is 0 Å². The fourth-order valence-electron chi connectivity index (χ4n) is 1.26. The number of thioether (sulfide) groups is 1. The van der Waals surface area contributed by atoms with Crippen molar-refractivity contribution in [3.8, 4) is 0 Å². The Kier molecular flexibility index (Phi) is 2.09. The predicted molar refractivity (Wildman–Crippen MR) is 53.5 cm³/mol. The van der Waals surface area contributed by atoms with Crippen molar-refractivity contribution in [2.24, 2.45) is 0 Å². The molecule has 2 heteroatoms. The first-order valence-corrected chi connectivity index (χ1v) is 5.01. The van der Waals surface area contributed by atoms with Gasteiger partial charge < -0.3 is 4.98 Å². The molecule has 0 fully saturated rings. The Morgan fingerprint density at radius 3 is 3.25 bits per heavy atom. The summed E-state index contributed by atoms with van der Waals surface area (Å²) in [5.74, 6) is 1.11. The van der Waals surface area contributed by atoms with Gasteiger partial charge in [0.15, 0.2) is 0 Å². The van der Waals surface area contributed by atoms with E-state index in [2.05, 4.69) is 36.2 Å². The molecule has 61 valence electrons. The van der Waals surface area contributed by atoms with Gasteiger partial charge in [0.25, 0.3) is 0 Å². The molecule has 0 aliphatic rings. The number of fused-ring (bicyclic) bond motifs is 1. The summed E-state index contributed by atoms with van der Waals surface area (Å²) in [6.45, 7) is 2.16. The fraction of sp³-hybridized carbons (Fsp3) is 0.200. The van der Waals surface area contributed by atoms with Gasteiger partial charge in [-0.1, -0.05) is 19.1 Å². The summed E-state index contributed by atoms with van der Waals surface area (Å²) < 4.78 is 0. The Bertz CT molecular complexity index is 378. The molecule has 0 saturated heterocycles. The summed E-state index contributed by atoms with van der Waals surface area (Å²) >= 11 is 1.86. The van der Waals surface area contributed by atoms with E-state index in [4.69, 9.17) is 0 Å². The van der Waals surface area contributed by atoms with Gasteiger partial charge in [-0.25, -0.2) is 0 Å². The average molecular weight is 176 g/mol. The minimum atomic E-state index is 1.11. The quantitative estimate of drug-likeness (QED) is 0.695. The molecule has 1 aromatic heterocycles. The van der Waals surface area contributed by atoms with Gasteiger partial charge in [-0.05, 0) is 11.8 Å². The zero-order valence-electron chi connectivity index (χ0n) is 6.92. The molecule has 2 rings (SSSR count). The predicted octanol–water partition coefficient (Wildman–Crippen LogP) is 3.08. The van der Waals surface area contributed by atoms with Crippen LogP contribution in [0.2, 0.25) is 0 Å². The summed E-state index contributed by atoms with van der Waals surface area (Å²) in [4.78, 5) is 4.51. The summed E-state index contributed by atoms with van der Waals surface area (Å²) in [5.41, 5.74) is 1.21. The molecular formula is C10H10NS. The topological polar surface area (TPSA) is 15.8 Å². The van der Waals surface area contributed by atoms with Gasteiger partial charge in [0.1, 0.15) is 0 Å². The third-order valence-electron chi connectivity index (χ3n) is 1.77. The van der Waals surface area contributed by atoms with Crippen LogP contribution in [-0.4, -0.2) is 10.7 Å². The molecule has 0 aliphatic carbocycles. The minimum absolute atomic E-state index is 1.11. The Balaban J connectivity index is 2.57. The third-order valence-corrected chi connectivity index (χ3v) is 2.71. The van der Waals surface area contributed by atoms with E-state index < -0.39 is 0 Å². The van der Waals surface area contributed by atoms with Gasteiger partial charge in [-0.15, -0.1) is 11.8 Å². The second-order valence-electron chi connectivity index (χ2n) is 2.54. The Morgan fingerprint density at radius 1 is 1.50 bits per heavy atom. The highest BCUT2D eigenvalue weighted by Gasteiger charge is 1.99. The van der Waals surface area contributed by atoms with Crippen LogP contribution in [0, 0.1) is 6.07 Å². The Morgan fingerprint density at radius 2 is 2.42 bits per heavy atom. The van der Waals surface area contributed by atoms with Gasteiger partial charge >= 0.3 is 0 Å². The number of para-hydroxylation sites is 1. The van der Waals surface area contributed by atoms with E-state index in [1.165, 1.54) is 15.8 Å². The van der Waals surface area contributed by atoms with E-state index in [-0.39, 0.29) is 0 Å². The van der Waals surface area contributed by atoms with Gasteiger partial charge in [-0.2, -0.15) is 0 Å². The molecule has 1 heterocycles. The van der Waals surface area contributed by atoms with Crippen LogP contribution in [0.5, 0.6) is 0 Å². The lowest BCUT2D eigenvalue weighted by Crippen LogP contribution is -1.75. The highest BCUT2D eigenvalue weighted by Crippen LogP contribution is 2.25. The lowest BCUT2D eigenvalue weighted by Gasteiger charge is -1.99. The fourth-order valence-corrected chi connectivity index (χ4v) is 2.06. The molecule has 0 aliphatic heterocycles. The van der Waals surface area contributed by atoms with Crippen LogP contribution >= 0.6 is 11.8 Å². The summed E-state index contributed by atoms with van der Waals surface area (Å²) in [6.07, 6.45) is 1.87. The van der Waals surface area contributed by atoms with Crippen molar-refractivity contribution in [2.45, 2.75) is 11.8 Å². The molecule has 1 radical (unpaired) electrons. The van der Waals surface area contributed by atoms with Crippen molar-refractivity contribution in [3.05, 3.63) is 30.5 Å².